The van der Waals surface area contributed by atoms with Crippen LogP contribution in [0, 0.1) is 6.92 Å². The Balaban J connectivity index is 2.27. The van der Waals surface area contributed by atoms with Crippen LogP contribution in [0.1, 0.15) is 44.6 Å². The number of rotatable bonds is 5. The lowest BCUT2D eigenvalue weighted by Crippen LogP contribution is -2.36. The lowest BCUT2D eigenvalue weighted by Gasteiger charge is -2.26. The minimum absolute atomic E-state index is 0.0901. The van der Waals surface area contributed by atoms with Gasteiger partial charge in [-0.2, -0.15) is 4.31 Å². The smallest absolute Gasteiger partial charge is 0.243 e. The van der Waals surface area contributed by atoms with Gasteiger partial charge >= 0.3 is 0 Å². The monoisotopic (exact) mass is 324 g/mol. The van der Waals surface area contributed by atoms with E-state index in [2.05, 4.69) is 5.32 Å². The maximum atomic E-state index is 12.8. The third-order valence-electron chi connectivity index (χ3n) is 3.88. The summed E-state index contributed by atoms with van der Waals surface area (Å²) in [6.45, 7) is 4.87. The Morgan fingerprint density at radius 3 is 2.55 bits per heavy atom. The van der Waals surface area contributed by atoms with Gasteiger partial charge in [0.15, 0.2) is 0 Å². The van der Waals surface area contributed by atoms with Crippen LogP contribution in [-0.4, -0.2) is 31.7 Å². The number of benzene rings is 1. The van der Waals surface area contributed by atoms with Crippen LogP contribution in [0.2, 0.25) is 0 Å². The van der Waals surface area contributed by atoms with Crippen LogP contribution in [0.3, 0.4) is 0 Å². The van der Waals surface area contributed by atoms with Crippen molar-refractivity contribution >= 4 is 21.6 Å². The molecule has 22 heavy (non-hydrogen) atoms. The summed E-state index contributed by atoms with van der Waals surface area (Å²) in [6.07, 6.45) is 4.09. The summed E-state index contributed by atoms with van der Waals surface area (Å²) >= 11 is 0. The molecule has 5 nitrogen and oxygen atoms in total. The summed E-state index contributed by atoms with van der Waals surface area (Å²) in [7, 11) is -3.48. The fourth-order valence-corrected chi connectivity index (χ4v) is 4.42. The maximum absolute atomic E-state index is 12.8. The Morgan fingerprint density at radius 2 is 1.91 bits per heavy atom. The van der Waals surface area contributed by atoms with Crippen LogP contribution in [0.4, 0.5) is 5.69 Å². The zero-order valence-electron chi connectivity index (χ0n) is 13.3. The molecule has 0 spiro atoms. The molecule has 122 valence electrons. The number of hydrogen-bond acceptors (Lipinski definition) is 3. The van der Waals surface area contributed by atoms with Gasteiger partial charge in [-0.15, -0.1) is 0 Å². The predicted octanol–water partition coefficient (Wildman–Crippen LogP) is 2.91. The number of anilines is 1. The van der Waals surface area contributed by atoms with E-state index in [9.17, 15) is 13.2 Å². The highest BCUT2D eigenvalue weighted by molar-refractivity contribution is 7.89. The number of amides is 1. The van der Waals surface area contributed by atoms with Gasteiger partial charge in [0.05, 0.1) is 4.90 Å². The molecular formula is C16H24N2O3S. The molecule has 0 atom stereocenters. The van der Waals surface area contributed by atoms with E-state index >= 15 is 0 Å². The van der Waals surface area contributed by atoms with Gasteiger partial charge in [0.25, 0.3) is 0 Å². The van der Waals surface area contributed by atoms with E-state index in [1.165, 1.54) is 0 Å². The molecule has 1 aliphatic heterocycles. The summed E-state index contributed by atoms with van der Waals surface area (Å²) in [5, 5.41) is 2.76. The van der Waals surface area contributed by atoms with Crippen LogP contribution >= 0.6 is 0 Å². The van der Waals surface area contributed by atoms with E-state index in [4.69, 9.17) is 0 Å². The van der Waals surface area contributed by atoms with Crippen molar-refractivity contribution in [2.24, 2.45) is 0 Å². The number of sulfonamides is 1. The summed E-state index contributed by atoms with van der Waals surface area (Å²) in [5.74, 6) is -0.0901. The van der Waals surface area contributed by atoms with E-state index in [1.807, 2.05) is 6.92 Å². The van der Waals surface area contributed by atoms with E-state index < -0.39 is 10.0 Å². The molecule has 0 aromatic heterocycles. The molecule has 0 radical (unpaired) electrons. The standard InChI is InChI=1S/C16H24N2O3S/c1-3-7-16(19)17-14-9-8-13(2)15(12-14)22(20,21)18-10-5-4-6-11-18/h8-9,12H,3-7,10-11H2,1-2H3,(H,17,19). The quantitative estimate of drug-likeness (QED) is 0.905. The topological polar surface area (TPSA) is 66.5 Å². The van der Waals surface area contributed by atoms with E-state index in [0.717, 1.165) is 25.7 Å². The third kappa shape index (κ3) is 3.87. The van der Waals surface area contributed by atoms with Crippen molar-refractivity contribution in [1.29, 1.82) is 0 Å². The average molecular weight is 324 g/mol. The van der Waals surface area contributed by atoms with Crippen LogP contribution in [-0.2, 0) is 14.8 Å². The van der Waals surface area contributed by atoms with Gasteiger partial charge in [-0.25, -0.2) is 8.42 Å². The van der Waals surface area contributed by atoms with Crippen LogP contribution in [0.5, 0.6) is 0 Å². The number of piperidine rings is 1. The van der Waals surface area contributed by atoms with Gasteiger partial charge < -0.3 is 5.32 Å². The molecule has 1 aromatic carbocycles. The fraction of sp³-hybridized carbons (Fsp3) is 0.562. The van der Waals surface area contributed by atoms with E-state index in [-0.39, 0.29) is 5.91 Å². The molecule has 1 N–H and O–H groups in total. The Labute approximate surface area is 132 Å². The first-order valence-electron chi connectivity index (χ1n) is 7.86. The third-order valence-corrected chi connectivity index (χ3v) is 5.92. The van der Waals surface area contributed by atoms with Crippen molar-refractivity contribution in [3.63, 3.8) is 0 Å². The van der Waals surface area contributed by atoms with Gasteiger partial charge in [0.2, 0.25) is 15.9 Å². The van der Waals surface area contributed by atoms with Gasteiger partial charge in [0.1, 0.15) is 0 Å². The molecule has 1 fully saturated rings. The van der Waals surface area contributed by atoms with Crippen molar-refractivity contribution in [2.45, 2.75) is 50.8 Å². The van der Waals surface area contributed by atoms with Crippen molar-refractivity contribution in [3.05, 3.63) is 23.8 Å². The average Bonchev–Trinajstić information content (AvgIpc) is 2.50. The lowest BCUT2D eigenvalue weighted by atomic mass is 10.2. The van der Waals surface area contributed by atoms with Gasteiger partial charge in [-0.05, 0) is 43.9 Å². The second-order valence-corrected chi connectivity index (χ2v) is 7.65. The van der Waals surface area contributed by atoms with Crippen LogP contribution in [0.15, 0.2) is 23.1 Å². The fourth-order valence-electron chi connectivity index (χ4n) is 2.65. The maximum Gasteiger partial charge on any atom is 0.243 e. The Hall–Kier alpha value is -1.40. The highest BCUT2D eigenvalue weighted by atomic mass is 32.2. The van der Waals surface area contributed by atoms with Crippen molar-refractivity contribution in [3.8, 4) is 0 Å². The number of nitrogens with one attached hydrogen (secondary N) is 1. The highest BCUT2D eigenvalue weighted by Gasteiger charge is 2.27. The SMILES string of the molecule is CCCC(=O)Nc1ccc(C)c(S(=O)(=O)N2CCCCC2)c1. The number of aryl methyl sites for hydroxylation is 1. The summed E-state index contributed by atoms with van der Waals surface area (Å²) in [6, 6.07) is 5.07. The number of hydrogen-bond donors (Lipinski definition) is 1. The molecule has 0 unspecified atom stereocenters. The molecule has 0 saturated carbocycles. The summed E-state index contributed by atoms with van der Waals surface area (Å²) < 4.78 is 27.1. The highest BCUT2D eigenvalue weighted by Crippen LogP contribution is 2.26. The van der Waals surface area contributed by atoms with Crippen LogP contribution in [0.25, 0.3) is 0 Å². The normalized spacial score (nSPS) is 16.5. The van der Waals surface area contributed by atoms with Gasteiger partial charge in [-0.1, -0.05) is 19.4 Å². The summed E-state index contributed by atoms with van der Waals surface area (Å²) in [4.78, 5) is 12.0. The number of carbonyl (C=O) groups is 1. The first-order chi connectivity index (χ1) is 10.4. The molecule has 2 rings (SSSR count). The molecular weight excluding hydrogens is 300 g/mol. The van der Waals surface area contributed by atoms with Crippen molar-refractivity contribution in [2.75, 3.05) is 18.4 Å². The first kappa shape index (κ1) is 17.0. The Kier molecular flexibility index (Phi) is 5.58. The molecule has 0 bridgehead atoms. The van der Waals surface area contributed by atoms with Gasteiger partial charge in [0, 0.05) is 25.2 Å². The van der Waals surface area contributed by atoms with Crippen molar-refractivity contribution < 1.29 is 13.2 Å². The van der Waals surface area contributed by atoms with E-state index in [1.54, 1.807) is 29.4 Å². The predicted molar refractivity (Wildman–Crippen MR) is 87.3 cm³/mol. The van der Waals surface area contributed by atoms with Crippen molar-refractivity contribution in [1.82, 2.24) is 4.31 Å². The van der Waals surface area contributed by atoms with Gasteiger partial charge in [-0.3, -0.25) is 4.79 Å². The lowest BCUT2D eigenvalue weighted by molar-refractivity contribution is -0.116. The molecule has 1 saturated heterocycles. The number of carbonyl (C=O) groups excluding carboxylic acids is 1. The zero-order chi connectivity index (χ0) is 16.2. The summed E-state index contributed by atoms with van der Waals surface area (Å²) in [5.41, 5.74) is 1.25. The second kappa shape index (κ2) is 7.24. The largest absolute Gasteiger partial charge is 0.326 e. The molecule has 1 aromatic rings. The zero-order valence-corrected chi connectivity index (χ0v) is 14.1. The minimum Gasteiger partial charge on any atom is -0.326 e. The Morgan fingerprint density at radius 1 is 1.23 bits per heavy atom. The van der Waals surface area contributed by atoms with Crippen LogP contribution < -0.4 is 5.32 Å². The van der Waals surface area contributed by atoms with E-state index in [0.29, 0.717) is 35.7 Å². The molecule has 1 heterocycles. The number of nitrogens with zero attached hydrogens (tertiary/aromatic N) is 1. The molecule has 6 heteroatoms. The minimum atomic E-state index is -3.48. The second-order valence-electron chi connectivity index (χ2n) is 5.74. The molecule has 1 aliphatic rings. The molecule has 1 amide bonds. The Bertz CT molecular complexity index is 635. The molecule has 0 aliphatic carbocycles. The first-order valence-corrected chi connectivity index (χ1v) is 9.30.